The molecule has 1 N–H and O–H groups in total. The van der Waals surface area contributed by atoms with Gasteiger partial charge in [0.25, 0.3) is 5.69 Å². The summed E-state index contributed by atoms with van der Waals surface area (Å²) in [6.07, 6.45) is 0. The van der Waals surface area contributed by atoms with E-state index in [1.807, 2.05) is 6.07 Å². The minimum absolute atomic E-state index is 0.111. The van der Waals surface area contributed by atoms with Gasteiger partial charge in [-0.1, -0.05) is 41.9 Å². The summed E-state index contributed by atoms with van der Waals surface area (Å²) in [6.45, 7) is 1.69. The summed E-state index contributed by atoms with van der Waals surface area (Å²) in [6, 6.07) is 11.9. The molecular formula is C14H13ClN2O4S. The van der Waals surface area contributed by atoms with E-state index in [0.29, 0.717) is 0 Å². The Morgan fingerprint density at radius 2 is 1.82 bits per heavy atom. The molecule has 0 aliphatic rings. The van der Waals surface area contributed by atoms with Gasteiger partial charge >= 0.3 is 0 Å². The summed E-state index contributed by atoms with van der Waals surface area (Å²) in [7, 11) is -3.89. The second-order valence-corrected chi connectivity index (χ2v) is 6.75. The SMILES string of the molecule is C[C@@H](NS(=O)(=O)c1ccc(Cl)c([N+](=O)[O-])c1)c1ccccc1. The number of nitrogens with one attached hydrogen (secondary N) is 1. The number of benzene rings is 2. The van der Waals surface area contributed by atoms with Crippen LogP contribution in [-0.2, 0) is 10.0 Å². The Kier molecular flexibility index (Phi) is 4.80. The summed E-state index contributed by atoms with van der Waals surface area (Å²) >= 11 is 5.69. The van der Waals surface area contributed by atoms with E-state index in [9.17, 15) is 18.5 Å². The molecule has 0 aliphatic carbocycles. The van der Waals surface area contributed by atoms with Crippen LogP contribution in [0.25, 0.3) is 0 Å². The summed E-state index contributed by atoms with van der Waals surface area (Å²) in [5.74, 6) is 0. The Morgan fingerprint density at radius 1 is 1.18 bits per heavy atom. The Bertz CT molecular complexity index is 794. The van der Waals surface area contributed by atoms with Crippen molar-refractivity contribution in [2.24, 2.45) is 0 Å². The Morgan fingerprint density at radius 3 is 2.41 bits per heavy atom. The highest BCUT2D eigenvalue weighted by atomic mass is 35.5. The van der Waals surface area contributed by atoms with Crippen LogP contribution < -0.4 is 4.72 Å². The number of hydrogen-bond donors (Lipinski definition) is 1. The molecule has 0 radical (unpaired) electrons. The third-order valence-electron chi connectivity index (χ3n) is 3.06. The second-order valence-electron chi connectivity index (χ2n) is 4.62. The molecule has 0 bridgehead atoms. The van der Waals surface area contributed by atoms with Gasteiger partial charge in [0, 0.05) is 12.1 Å². The van der Waals surface area contributed by atoms with Crippen molar-refractivity contribution in [2.75, 3.05) is 0 Å². The van der Waals surface area contributed by atoms with Crippen LogP contribution in [0.4, 0.5) is 5.69 Å². The van der Waals surface area contributed by atoms with Crippen molar-refractivity contribution in [3.05, 3.63) is 69.2 Å². The Balaban J connectivity index is 2.31. The lowest BCUT2D eigenvalue weighted by atomic mass is 10.1. The van der Waals surface area contributed by atoms with Crippen LogP contribution in [0.5, 0.6) is 0 Å². The van der Waals surface area contributed by atoms with E-state index in [4.69, 9.17) is 11.6 Å². The number of nitro benzene ring substituents is 1. The van der Waals surface area contributed by atoms with Crippen molar-refractivity contribution >= 4 is 27.3 Å². The summed E-state index contributed by atoms with van der Waals surface area (Å²) in [5, 5.41) is 10.7. The van der Waals surface area contributed by atoms with E-state index in [1.165, 1.54) is 12.1 Å². The molecule has 2 aromatic carbocycles. The number of halogens is 1. The molecule has 22 heavy (non-hydrogen) atoms. The van der Waals surface area contributed by atoms with Crippen molar-refractivity contribution in [3.63, 3.8) is 0 Å². The molecule has 0 aromatic heterocycles. The molecule has 0 aliphatic heterocycles. The molecule has 1 atom stereocenters. The zero-order chi connectivity index (χ0) is 16.3. The first-order valence-corrected chi connectivity index (χ1v) is 8.18. The minimum atomic E-state index is -3.89. The van der Waals surface area contributed by atoms with Crippen LogP contribution in [0, 0.1) is 10.1 Å². The van der Waals surface area contributed by atoms with Crippen LogP contribution in [0.15, 0.2) is 53.4 Å². The molecule has 0 heterocycles. The molecule has 2 aromatic rings. The molecule has 116 valence electrons. The van der Waals surface area contributed by atoms with Gasteiger partial charge < -0.3 is 0 Å². The van der Waals surface area contributed by atoms with E-state index in [-0.39, 0.29) is 9.92 Å². The van der Waals surface area contributed by atoms with Crippen LogP contribution in [0.2, 0.25) is 5.02 Å². The monoisotopic (exact) mass is 340 g/mol. The smallest absolute Gasteiger partial charge is 0.258 e. The van der Waals surface area contributed by atoms with E-state index in [1.54, 1.807) is 31.2 Å². The predicted molar refractivity (Wildman–Crippen MR) is 83.3 cm³/mol. The normalized spacial score (nSPS) is 12.8. The van der Waals surface area contributed by atoms with Crippen molar-refractivity contribution in [3.8, 4) is 0 Å². The lowest BCUT2D eigenvalue weighted by Gasteiger charge is -2.14. The highest BCUT2D eigenvalue weighted by Crippen LogP contribution is 2.27. The second kappa shape index (κ2) is 6.43. The number of nitro groups is 1. The fraction of sp³-hybridized carbons (Fsp3) is 0.143. The van der Waals surface area contributed by atoms with Crippen LogP contribution >= 0.6 is 11.6 Å². The maximum absolute atomic E-state index is 12.3. The highest BCUT2D eigenvalue weighted by molar-refractivity contribution is 7.89. The van der Waals surface area contributed by atoms with Crippen LogP contribution in [0.3, 0.4) is 0 Å². The molecule has 0 fully saturated rings. The third kappa shape index (κ3) is 3.62. The maximum Gasteiger partial charge on any atom is 0.289 e. The molecule has 8 heteroatoms. The molecule has 2 rings (SSSR count). The molecular weight excluding hydrogens is 328 g/mol. The molecule has 6 nitrogen and oxygen atoms in total. The molecule has 0 amide bonds. The van der Waals surface area contributed by atoms with Crippen molar-refractivity contribution < 1.29 is 13.3 Å². The minimum Gasteiger partial charge on any atom is -0.258 e. The Hall–Kier alpha value is -1.96. The van der Waals surface area contributed by atoms with Crippen molar-refractivity contribution in [1.82, 2.24) is 4.72 Å². The molecule has 0 saturated heterocycles. The first kappa shape index (κ1) is 16.4. The van der Waals surface area contributed by atoms with Gasteiger partial charge in [0.15, 0.2) is 0 Å². The fourth-order valence-electron chi connectivity index (χ4n) is 1.91. The van der Waals surface area contributed by atoms with Crippen molar-refractivity contribution in [2.45, 2.75) is 17.9 Å². The zero-order valence-electron chi connectivity index (χ0n) is 11.6. The molecule has 0 spiro atoms. The fourth-order valence-corrected chi connectivity index (χ4v) is 3.35. The van der Waals surface area contributed by atoms with Crippen LogP contribution in [0.1, 0.15) is 18.5 Å². The van der Waals surface area contributed by atoms with Gasteiger partial charge in [-0.15, -0.1) is 0 Å². The first-order valence-electron chi connectivity index (χ1n) is 6.32. The van der Waals surface area contributed by atoms with Gasteiger partial charge in [0.05, 0.1) is 9.82 Å². The summed E-state index contributed by atoms with van der Waals surface area (Å²) < 4.78 is 27.1. The van der Waals surface area contributed by atoms with Gasteiger partial charge in [-0.25, -0.2) is 13.1 Å². The highest BCUT2D eigenvalue weighted by Gasteiger charge is 2.22. The lowest BCUT2D eigenvalue weighted by Crippen LogP contribution is -2.26. The number of nitrogens with zero attached hydrogens (tertiary/aromatic N) is 1. The van der Waals surface area contributed by atoms with Gasteiger partial charge in [-0.2, -0.15) is 0 Å². The zero-order valence-corrected chi connectivity index (χ0v) is 13.1. The van der Waals surface area contributed by atoms with E-state index < -0.39 is 26.7 Å². The average molecular weight is 341 g/mol. The molecule has 0 unspecified atom stereocenters. The van der Waals surface area contributed by atoms with E-state index >= 15 is 0 Å². The van der Waals surface area contributed by atoms with Gasteiger partial charge in [0.2, 0.25) is 10.0 Å². The van der Waals surface area contributed by atoms with Gasteiger partial charge in [-0.05, 0) is 24.6 Å². The third-order valence-corrected chi connectivity index (χ3v) is 4.91. The number of hydrogen-bond acceptors (Lipinski definition) is 4. The van der Waals surface area contributed by atoms with E-state index in [2.05, 4.69) is 4.72 Å². The summed E-state index contributed by atoms with van der Waals surface area (Å²) in [4.78, 5) is 9.93. The van der Waals surface area contributed by atoms with E-state index in [0.717, 1.165) is 11.6 Å². The quantitative estimate of drug-likeness (QED) is 0.668. The van der Waals surface area contributed by atoms with Gasteiger partial charge in [-0.3, -0.25) is 10.1 Å². The predicted octanol–water partition coefficient (Wildman–Crippen LogP) is 3.29. The largest absolute Gasteiger partial charge is 0.289 e. The number of sulfonamides is 1. The number of rotatable bonds is 5. The first-order chi connectivity index (χ1) is 10.3. The van der Waals surface area contributed by atoms with Crippen LogP contribution in [-0.4, -0.2) is 13.3 Å². The standard InChI is InChI=1S/C14H13ClN2O4S/c1-10(11-5-3-2-4-6-11)16-22(20,21)12-7-8-13(15)14(9-12)17(18)19/h2-10,16H,1H3/t10-/m1/s1. The summed E-state index contributed by atoms with van der Waals surface area (Å²) in [5.41, 5.74) is 0.339. The topological polar surface area (TPSA) is 89.3 Å². The lowest BCUT2D eigenvalue weighted by molar-refractivity contribution is -0.384. The molecule has 0 saturated carbocycles. The maximum atomic E-state index is 12.3. The Labute approximate surface area is 132 Å². The van der Waals surface area contributed by atoms with Gasteiger partial charge in [0.1, 0.15) is 5.02 Å². The average Bonchev–Trinajstić information content (AvgIpc) is 2.47. The van der Waals surface area contributed by atoms with Crippen molar-refractivity contribution in [1.29, 1.82) is 0 Å².